The highest BCUT2D eigenvalue weighted by Gasteiger charge is 2.41. The lowest BCUT2D eigenvalue weighted by atomic mass is 9.92. The van der Waals surface area contributed by atoms with Crippen LogP contribution in [0.25, 0.3) is 38.4 Å². The highest BCUT2D eigenvalue weighted by Crippen LogP contribution is 2.45. The summed E-state index contributed by atoms with van der Waals surface area (Å²) < 4.78 is 15.8. The Hall–Kier alpha value is -5.29. The molecule has 4 nitrogen and oxygen atoms in total. The number of hydrogen-bond donors (Lipinski definition) is 0. The topological polar surface area (TPSA) is 35.8 Å². The fourth-order valence-corrected chi connectivity index (χ4v) is 6.33. The van der Waals surface area contributed by atoms with E-state index in [9.17, 15) is 0 Å². The van der Waals surface area contributed by atoms with Gasteiger partial charge in [0.1, 0.15) is 11.5 Å². The summed E-state index contributed by atoms with van der Waals surface area (Å²) >= 11 is 0. The molecule has 3 aliphatic heterocycles. The number of nitrogens with zero attached hydrogens (tertiary/aromatic N) is 2. The maximum Gasteiger partial charge on any atom is 0.743 e. The van der Waals surface area contributed by atoms with E-state index >= 15 is 0 Å². The van der Waals surface area contributed by atoms with Gasteiger partial charge in [0.05, 0.1) is 11.4 Å². The van der Waals surface area contributed by atoms with Crippen LogP contribution in [0.4, 0.5) is 0 Å². The fraction of sp³-hybridized carbons (Fsp3) is 0. The molecule has 0 spiro atoms. The van der Waals surface area contributed by atoms with E-state index in [0.717, 1.165) is 72.7 Å². The monoisotopic (exact) mass is 512 g/mol. The predicted octanol–water partition coefficient (Wildman–Crippen LogP) is 7.90. The first kappa shape index (κ1) is 21.6. The molecule has 0 atom stereocenters. The van der Waals surface area contributed by atoms with Crippen LogP contribution in [0.5, 0.6) is 11.5 Å². The molecule has 186 valence electrons. The smallest absolute Gasteiger partial charge is 0.506 e. The number of fused-ring (bicyclic) bond motifs is 9. The zero-order chi connectivity index (χ0) is 26.2. The minimum absolute atomic E-state index is 0.703. The number of rotatable bonds is 1. The van der Waals surface area contributed by atoms with Gasteiger partial charge in [-0.05, 0) is 63.5 Å². The van der Waals surface area contributed by atoms with E-state index in [1.807, 2.05) is 12.1 Å². The van der Waals surface area contributed by atoms with Crippen LogP contribution in [0.2, 0.25) is 0 Å². The summed E-state index contributed by atoms with van der Waals surface area (Å²) in [6.45, 7) is 0. The molecule has 1 aromatic heterocycles. The van der Waals surface area contributed by atoms with Crippen molar-refractivity contribution in [3.63, 3.8) is 0 Å². The second kappa shape index (κ2) is 8.11. The third-order valence-corrected chi connectivity index (χ3v) is 8.09. The molecule has 6 aromatic rings. The molecule has 0 N–H and O–H groups in total. The zero-order valence-electron chi connectivity index (χ0n) is 21.4. The van der Waals surface area contributed by atoms with Crippen LogP contribution in [0.1, 0.15) is 16.8 Å². The first-order chi connectivity index (χ1) is 19.8. The minimum Gasteiger partial charge on any atom is -0.506 e. The van der Waals surface area contributed by atoms with Crippen LogP contribution in [0.3, 0.4) is 0 Å². The van der Waals surface area contributed by atoms with Crippen molar-refractivity contribution in [3.05, 3.63) is 150 Å². The molecule has 0 unspecified atom stereocenters. The Balaban J connectivity index is 1.40. The van der Waals surface area contributed by atoms with Crippen molar-refractivity contribution >= 4 is 40.1 Å². The maximum atomic E-state index is 6.85. The van der Waals surface area contributed by atoms with Crippen molar-refractivity contribution in [2.75, 3.05) is 0 Å². The molecule has 5 heteroatoms. The molecule has 2 bridgehead atoms. The molecular weight excluding hydrogens is 491 g/mol. The summed E-state index contributed by atoms with van der Waals surface area (Å²) in [5, 5.41) is 4.56. The first-order valence-corrected chi connectivity index (χ1v) is 13.5. The molecule has 0 fully saturated rings. The average Bonchev–Trinajstić information content (AvgIpc) is 3.66. The van der Waals surface area contributed by atoms with Crippen molar-refractivity contribution in [1.82, 2.24) is 4.48 Å². The number of aromatic nitrogens is 1. The second-order valence-corrected chi connectivity index (χ2v) is 10.3. The van der Waals surface area contributed by atoms with Crippen molar-refractivity contribution < 1.29 is 9.31 Å². The molecule has 3 aliphatic rings. The normalized spacial score (nSPS) is 16.6. The average molecular weight is 512 g/mol. The number of benzene rings is 5. The predicted molar refractivity (Wildman–Crippen MR) is 162 cm³/mol. The minimum atomic E-state index is -0.703. The maximum absolute atomic E-state index is 6.85. The summed E-state index contributed by atoms with van der Waals surface area (Å²) in [6, 6.07) is 40.0. The zero-order valence-corrected chi connectivity index (χ0v) is 21.4. The van der Waals surface area contributed by atoms with Gasteiger partial charge in [0, 0.05) is 28.1 Å². The Morgan fingerprint density at radius 2 is 1.18 bits per heavy atom. The van der Waals surface area contributed by atoms with Crippen LogP contribution in [-0.4, -0.2) is 17.4 Å². The Bertz CT molecular complexity index is 2120. The lowest BCUT2D eigenvalue weighted by Crippen LogP contribution is -2.42. The Kier molecular flexibility index (Phi) is 4.38. The van der Waals surface area contributed by atoms with Gasteiger partial charge in [-0.2, -0.15) is 0 Å². The quantitative estimate of drug-likeness (QED) is 0.210. The Labute approximate surface area is 231 Å². The molecule has 0 amide bonds. The van der Waals surface area contributed by atoms with Crippen molar-refractivity contribution in [2.45, 2.75) is 0 Å². The summed E-state index contributed by atoms with van der Waals surface area (Å²) in [5.41, 5.74) is 8.05. The summed E-state index contributed by atoms with van der Waals surface area (Å²) in [4.78, 5) is 5.22. The lowest BCUT2D eigenvalue weighted by Gasteiger charge is -2.29. The molecular formula is C35H21BN2O2. The molecule has 0 saturated heterocycles. The van der Waals surface area contributed by atoms with Gasteiger partial charge >= 0.3 is 7.25 Å². The van der Waals surface area contributed by atoms with Crippen LogP contribution in [-0.2, 0) is 0 Å². The highest BCUT2D eigenvalue weighted by atomic mass is 16.6. The van der Waals surface area contributed by atoms with Gasteiger partial charge in [0.25, 0.3) is 0 Å². The highest BCUT2D eigenvalue weighted by molar-refractivity contribution is 6.47. The van der Waals surface area contributed by atoms with Gasteiger partial charge < -0.3 is 13.8 Å². The van der Waals surface area contributed by atoms with E-state index in [1.165, 1.54) is 5.39 Å². The van der Waals surface area contributed by atoms with Crippen molar-refractivity contribution in [3.8, 4) is 22.8 Å². The van der Waals surface area contributed by atoms with Gasteiger partial charge in [-0.15, -0.1) is 0 Å². The van der Waals surface area contributed by atoms with Crippen LogP contribution >= 0.6 is 0 Å². The summed E-state index contributed by atoms with van der Waals surface area (Å²) in [5.74, 6) is 1.55. The van der Waals surface area contributed by atoms with E-state index in [-0.39, 0.29) is 0 Å². The molecule has 40 heavy (non-hydrogen) atoms. The van der Waals surface area contributed by atoms with Gasteiger partial charge in [-0.3, -0.25) is 0 Å². The van der Waals surface area contributed by atoms with Crippen molar-refractivity contribution in [2.24, 2.45) is 4.99 Å². The van der Waals surface area contributed by atoms with Crippen LogP contribution < -0.4 is 9.31 Å². The SMILES string of the molecule is C1=C/C2=C(\c3ccccc3)c3ccc4n3B(Oc3ccc5ccccc5c3C1=N2)Oc1ccc2ccccc2c1-4. The van der Waals surface area contributed by atoms with Gasteiger partial charge in [-0.25, -0.2) is 4.99 Å². The van der Waals surface area contributed by atoms with E-state index in [1.54, 1.807) is 0 Å². The molecule has 0 aliphatic carbocycles. The van der Waals surface area contributed by atoms with Gasteiger partial charge in [0.2, 0.25) is 0 Å². The fourth-order valence-electron chi connectivity index (χ4n) is 6.33. The van der Waals surface area contributed by atoms with Crippen molar-refractivity contribution in [1.29, 1.82) is 0 Å². The first-order valence-electron chi connectivity index (χ1n) is 13.5. The van der Waals surface area contributed by atoms with E-state index in [2.05, 4.69) is 120 Å². The summed E-state index contributed by atoms with van der Waals surface area (Å²) in [7, 11) is -0.703. The van der Waals surface area contributed by atoms with E-state index < -0.39 is 7.25 Å². The molecule has 5 aromatic carbocycles. The van der Waals surface area contributed by atoms with E-state index in [4.69, 9.17) is 14.3 Å². The number of hydrogen-bond acceptors (Lipinski definition) is 3. The third-order valence-electron chi connectivity index (χ3n) is 8.09. The van der Waals surface area contributed by atoms with Crippen LogP contribution in [0.15, 0.2) is 138 Å². The molecule has 0 radical (unpaired) electrons. The van der Waals surface area contributed by atoms with Gasteiger partial charge in [-0.1, -0.05) is 91.0 Å². The second-order valence-electron chi connectivity index (χ2n) is 10.3. The lowest BCUT2D eigenvalue weighted by molar-refractivity contribution is 0.403. The number of aliphatic imine (C=N–C) groups is 1. The molecule has 9 rings (SSSR count). The number of allylic oxidation sites excluding steroid dienone is 2. The molecule has 4 heterocycles. The largest absolute Gasteiger partial charge is 0.743 e. The van der Waals surface area contributed by atoms with Crippen LogP contribution in [0, 0.1) is 0 Å². The Morgan fingerprint density at radius 3 is 1.93 bits per heavy atom. The third kappa shape index (κ3) is 3.00. The molecule has 0 saturated carbocycles. The summed E-state index contributed by atoms with van der Waals surface area (Å²) in [6.07, 6.45) is 4.22. The Morgan fingerprint density at radius 1 is 0.550 bits per heavy atom. The standard InChI is InChI=1S/C35H21BN2O2/c1-2-10-24(11-3-1)33-27-16-17-28(37-27)34-25-12-6-4-8-22(25)14-20-31(34)39-36-38-29(33)18-19-30(38)35-26-13-7-5-9-23(26)15-21-32(35)40-36/h1-21H/b33-27-. The van der Waals surface area contributed by atoms with E-state index in [0.29, 0.717) is 0 Å². The van der Waals surface area contributed by atoms with Gasteiger partial charge in [0.15, 0.2) is 0 Å².